The first-order valence-corrected chi connectivity index (χ1v) is 6.59. The number of aliphatic hydroxyl groups is 2. The molecule has 1 aromatic rings. The molecule has 0 aliphatic rings. The van der Waals surface area contributed by atoms with Gasteiger partial charge in [0, 0.05) is 19.9 Å². The number of amides is 1. The van der Waals surface area contributed by atoms with Gasteiger partial charge in [-0.15, -0.1) is 0 Å². The summed E-state index contributed by atoms with van der Waals surface area (Å²) in [6, 6.07) is 6.97. The number of carbonyl (C=O) groups is 2. The molecule has 0 saturated heterocycles. The lowest BCUT2D eigenvalue weighted by molar-refractivity contribution is -0.119. The quantitative estimate of drug-likeness (QED) is 0.687. The molecule has 1 aromatic carbocycles. The van der Waals surface area contributed by atoms with Gasteiger partial charge in [-0.1, -0.05) is 24.3 Å². The maximum Gasteiger partial charge on any atom is 0.216 e. The summed E-state index contributed by atoms with van der Waals surface area (Å²) in [7, 11) is 0. The zero-order chi connectivity index (χ0) is 15.1. The third-order valence-electron chi connectivity index (χ3n) is 2.92. The molecule has 5 nitrogen and oxygen atoms in total. The molecule has 0 fully saturated rings. The van der Waals surface area contributed by atoms with E-state index in [4.69, 9.17) is 0 Å². The van der Waals surface area contributed by atoms with Crippen molar-refractivity contribution < 1.29 is 19.8 Å². The minimum absolute atomic E-state index is 0.0443. The van der Waals surface area contributed by atoms with Crippen LogP contribution in [0.4, 0.5) is 0 Å². The predicted octanol–water partition coefficient (Wildman–Crippen LogP) is 0.739. The number of carbonyl (C=O) groups excluding carboxylic acids is 2. The van der Waals surface area contributed by atoms with Crippen LogP contribution in [0.2, 0.25) is 0 Å². The smallest absolute Gasteiger partial charge is 0.216 e. The van der Waals surface area contributed by atoms with Crippen LogP contribution >= 0.6 is 0 Å². The van der Waals surface area contributed by atoms with Gasteiger partial charge >= 0.3 is 0 Å². The molecule has 0 aliphatic heterocycles. The monoisotopic (exact) mass is 279 g/mol. The molecule has 0 bridgehead atoms. The molecule has 0 heterocycles. The molecular weight excluding hydrogens is 258 g/mol. The van der Waals surface area contributed by atoms with Crippen LogP contribution in [0.25, 0.3) is 0 Å². The van der Waals surface area contributed by atoms with Gasteiger partial charge in [0.2, 0.25) is 5.91 Å². The zero-order valence-electron chi connectivity index (χ0n) is 11.8. The Morgan fingerprint density at radius 1 is 1.25 bits per heavy atom. The predicted molar refractivity (Wildman–Crippen MR) is 75.1 cm³/mol. The lowest BCUT2D eigenvalue weighted by Crippen LogP contribution is -2.27. The first-order chi connectivity index (χ1) is 9.40. The van der Waals surface area contributed by atoms with Gasteiger partial charge in [0.25, 0.3) is 0 Å². The van der Waals surface area contributed by atoms with Gasteiger partial charge in [0.1, 0.15) is 11.9 Å². The van der Waals surface area contributed by atoms with Crippen molar-refractivity contribution in [2.24, 2.45) is 0 Å². The van der Waals surface area contributed by atoms with Crippen LogP contribution < -0.4 is 5.32 Å². The van der Waals surface area contributed by atoms with Crippen molar-refractivity contribution in [2.75, 3.05) is 6.54 Å². The maximum absolute atomic E-state index is 11.1. The average molecular weight is 279 g/mol. The second-order valence-electron chi connectivity index (χ2n) is 4.91. The third-order valence-corrected chi connectivity index (χ3v) is 2.92. The summed E-state index contributed by atoms with van der Waals surface area (Å²) in [5.74, 6) is -0.127. The fourth-order valence-electron chi connectivity index (χ4n) is 1.95. The van der Waals surface area contributed by atoms with Gasteiger partial charge in [-0.2, -0.15) is 0 Å². The standard InChI is InChI=1S/C15H21NO4/c1-10(17)8-12-4-3-5-13(9-12)15(20)14(19)6-7-16-11(2)18/h3-5,9,14-15,19-20H,6-8H2,1-2H3,(H,16,18). The molecule has 0 aliphatic carbocycles. The summed E-state index contributed by atoms with van der Waals surface area (Å²) in [4.78, 5) is 21.8. The van der Waals surface area contributed by atoms with Crippen LogP contribution in [0.3, 0.4) is 0 Å². The Bertz CT molecular complexity index is 473. The second kappa shape index (κ2) is 7.77. The fraction of sp³-hybridized carbons (Fsp3) is 0.467. The average Bonchev–Trinajstić information content (AvgIpc) is 2.36. The van der Waals surface area contributed by atoms with E-state index in [9.17, 15) is 19.8 Å². The van der Waals surface area contributed by atoms with E-state index < -0.39 is 12.2 Å². The lowest BCUT2D eigenvalue weighted by Gasteiger charge is -2.18. The van der Waals surface area contributed by atoms with Crippen molar-refractivity contribution in [1.82, 2.24) is 5.32 Å². The molecule has 0 spiro atoms. The maximum atomic E-state index is 11.1. The highest BCUT2D eigenvalue weighted by atomic mass is 16.3. The molecule has 0 aromatic heterocycles. The molecule has 1 rings (SSSR count). The minimum Gasteiger partial charge on any atom is -0.390 e. The van der Waals surface area contributed by atoms with Gasteiger partial charge in [-0.05, 0) is 24.5 Å². The molecule has 0 saturated carbocycles. The van der Waals surface area contributed by atoms with Crippen molar-refractivity contribution in [3.8, 4) is 0 Å². The minimum atomic E-state index is -1.03. The van der Waals surface area contributed by atoms with Crippen LogP contribution in [-0.4, -0.2) is 34.6 Å². The van der Waals surface area contributed by atoms with E-state index in [1.807, 2.05) is 0 Å². The molecule has 3 N–H and O–H groups in total. The van der Waals surface area contributed by atoms with E-state index >= 15 is 0 Å². The molecule has 110 valence electrons. The number of hydrogen-bond donors (Lipinski definition) is 3. The Hall–Kier alpha value is -1.72. The van der Waals surface area contributed by atoms with E-state index in [0.29, 0.717) is 18.5 Å². The van der Waals surface area contributed by atoms with E-state index in [0.717, 1.165) is 5.56 Å². The van der Waals surface area contributed by atoms with Crippen molar-refractivity contribution in [2.45, 2.75) is 38.9 Å². The molecule has 5 heteroatoms. The van der Waals surface area contributed by atoms with Crippen LogP contribution in [0.5, 0.6) is 0 Å². The Labute approximate surface area is 118 Å². The molecule has 2 unspecified atom stereocenters. The number of benzene rings is 1. The molecule has 1 amide bonds. The Kier molecular flexibility index (Phi) is 6.35. The fourth-order valence-corrected chi connectivity index (χ4v) is 1.95. The van der Waals surface area contributed by atoms with Crippen LogP contribution in [0, 0.1) is 0 Å². The molecule has 0 radical (unpaired) electrons. The number of aliphatic hydroxyl groups excluding tert-OH is 2. The molecule has 2 atom stereocenters. The van der Waals surface area contributed by atoms with Gasteiger partial charge in [-0.25, -0.2) is 0 Å². The summed E-state index contributed by atoms with van der Waals surface area (Å²) in [5.41, 5.74) is 1.38. The normalized spacial score (nSPS) is 13.6. The van der Waals surface area contributed by atoms with Crippen molar-refractivity contribution in [1.29, 1.82) is 0 Å². The zero-order valence-corrected chi connectivity index (χ0v) is 11.8. The summed E-state index contributed by atoms with van der Waals surface area (Å²) < 4.78 is 0. The van der Waals surface area contributed by atoms with Gasteiger partial charge in [0.15, 0.2) is 0 Å². The molecular formula is C15H21NO4. The highest BCUT2D eigenvalue weighted by Gasteiger charge is 2.18. The summed E-state index contributed by atoms with van der Waals surface area (Å²) in [6.45, 7) is 3.21. The topological polar surface area (TPSA) is 86.6 Å². The number of rotatable bonds is 7. The Morgan fingerprint density at radius 2 is 1.95 bits per heavy atom. The van der Waals surface area contributed by atoms with E-state index in [-0.39, 0.29) is 18.1 Å². The second-order valence-corrected chi connectivity index (χ2v) is 4.91. The summed E-state index contributed by atoms with van der Waals surface area (Å²) in [5, 5.41) is 22.5. The first-order valence-electron chi connectivity index (χ1n) is 6.59. The van der Waals surface area contributed by atoms with Crippen molar-refractivity contribution in [3.05, 3.63) is 35.4 Å². The van der Waals surface area contributed by atoms with Gasteiger partial charge in [0.05, 0.1) is 6.10 Å². The first kappa shape index (κ1) is 16.3. The van der Waals surface area contributed by atoms with Gasteiger partial charge in [-0.3, -0.25) is 9.59 Å². The van der Waals surface area contributed by atoms with Crippen molar-refractivity contribution >= 4 is 11.7 Å². The van der Waals surface area contributed by atoms with E-state index in [1.54, 1.807) is 24.3 Å². The lowest BCUT2D eigenvalue weighted by atomic mass is 9.98. The van der Waals surface area contributed by atoms with E-state index in [2.05, 4.69) is 5.32 Å². The summed E-state index contributed by atoms with van der Waals surface area (Å²) in [6.07, 6.45) is -1.43. The van der Waals surface area contributed by atoms with Crippen LogP contribution in [-0.2, 0) is 16.0 Å². The van der Waals surface area contributed by atoms with Crippen LogP contribution in [0.15, 0.2) is 24.3 Å². The summed E-state index contributed by atoms with van der Waals surface area (Å²) >= 11 is 0. The largest absolute Gasteiger partial charge is 0.390 e. The number of nitrogens with one attached hydrogen (secondary N) is 1. The third kappa shape index (κ3) is 5.50. The highest BCUT2D eigenvalue weighted by Crippen LogP contribution is 2.20. The molecule has 20 heavy (non-hydrogen) atoms. The SMILES string of the molecule is CC(=O)Cc1cccc(C(O)C(O)CCNC(C)=O)c1. The van der Waals surface area contributed by atoms with Crippen molar-refractivity contribution in [3.63, 3.8) is 0 Å². The van der Waals surface area contributed by atoms with E-state index in [1.165, 1.54) is 13.8 Å². The Balaban J connectivity index is 2.63. The number of ketones is 1. The van der Waals surface area contributed by atoms with Gasteiger partial charge < -0.3 is 15.5 Å². The number of hydrogen-bond acceptors (Lipinski definition) is 4. The highest BCUT2D eigenvalue weighted by molar-refractivity contribution is 5.78. The number of Topliss-reactive ketones (excluding diaryl/α,β-unsaturated/α-hetero) is 1. The Morgan fingerprint density at radius 3 is 2.55 bits per heavy atom. The van der Waals surface area contributed by atoms with Crippen LogP contribution in [0.1, 0.15) is 37.5 Å².